The molecule has 3 aromatic rings. The van der Waals surface area contributed by atoms with Crippen molar-refractivity contribution in [2.24, 2.45) is 0 Å². The molecule has 2 aromatic heterocycles. The first-order valence-corrected chi connectivity index (χ1v) is 8.40. The molecule has 1 aromatic carbocycles. The number of aromatic nitrogens is 2. The van der Waals surface area contributed by atoms with Gasteiger partial charge in [-0.25, -0.2) is 4.98 Å². The molecule has 2 heterocycles. The van der Waals surface area contributed by atoms with Gasteiger partial charge in [-0.15, -0.1) is 11.3 Å². The summed E-state index contributed by atoms with van der Waals surface area (Å²) < 4.78 is 12.6. The summed E-state index contributed by atoms with van der Waals surface area (Å²) in [5.74, 6) is 0.189. The van der Waals surface area contributed by atoms with E-state index in [0.717, 1.165) is 39.0 Å². The monoisotopic (exact) mass is 344 g/mol. The third-order valence-corrected chi connectivity index (χ3v) is 5.53. The summed E-state index contributed by atoms with van der Waals surface area (Å²) in [6, 6.07) is 5.55. The molecule has 0 saturated carbocycles. The first-order valence-electron chi connectivity index (χ1n) is 7.58. The average molecular weight is 344 g/mol. The van der Waals surface area contributed by atoms with Gasteiger partial charge in [0.15, 0.2) is 4.96 Å². The lowest BCUT2D eigenvalue weighted by Gasteiger charge is -2.08. The summed E-state index contributed by atoms with van der Waals surface area (Å²) in [5.41, 5.74) is 2.44. The molecule has 1 N–H and O–H groups in total. The molecule has 0 saturated heterocycles. The van der Waals surface area contributed by atoms with Gasteiger partial charge in [-0.1, -0.05) is 0 Å². The minimum atomic E-state index is -0.775. The number of carboxylic acid groups (broad SMARTS) is 1. The van der Waals surface area contributed by atoms with Crippen LogP contribution in [0.15, 0.2) is 24.4 Å². The molecular formula is C17H16N2O4S. The average Bonchev–Trinajstić information content (AvgIpc) is 3.24. The van der Waals surface area contributed by atoms with E-state index < -0.39 is 11.9 Å². The topological polar surface area (TPSA) is 73.1 Å². The third kappa shape index (κ3) is 2.16. The Kier molecular flexibility index (Phi) is 3.45. The Morgan fingerprint density at radius 3 is 2.92 bits per heavy atom. The van der Waals surface area contributed by atoms with E-state index in [1.807, 2.05) is 28.8 Å². The van der Waals surface area contributed by atoms with E-state index in [9.17, 15) is 9.90 Å². The molecule has 24 heavy (non-hydrogen) atoms. The van der Waals surface area contributed by atoms with Crippen LogP contribution < -0.4 is 9.47 Å². The van der Waals surface area contributed by atoms with Crippen LogP contribution in [0.25, 0.3) is 16.2 Å². The van der Waals surface area contributed by atoms with Gasteiger partial charge in [-0.05, 0) is 31.0 Å². The second kappa shape index (κ2) is 5.52. The van der Waals surface area contributed by atoms with Crippen molar-refractivity contribution >= 4 is 22.3 Å². The fraction of sp³-hybridized carbons (Fsp3) is 0.294. The van der Waals surface area contributed by atoms with Crippen molar-refractivity contribution < 1.29 is 19.4 Å². The Bertz CT molecular complexity index is 944. The number of imidazole rings is 1. The number of aryl methyl sites for hydroxylation is 1. The SMILES string of the molecule is COc1ccc(OC)c(-c2cn3c4c(sc3n2)CCC4C(=O)O)c1. The van der Waals surface area contributed by atoms with Crippen molar-refractivity contribution in [3.05, 3.63) is 35.0 Å². The Hall–Kier alpha value is -2.54. The van der Waals surface area contributed by atoms with Crippen LogP contribution in [0.4, 0.5) is 0 Å². The van der Waals surface area contributed by atoms with Crippen LogP contribution in [0.2, 0.25) is 0 Å². The largest absolute Gasteiger partial charge is 0.497 e. The quantitative estimate of drug-likeness (QED) is 0.787. The van der Waals surface area contributed by atoms with Crippen LogP contribution in [-0.2, 0) is 11.2 Å². The maximum Gasteiger partial charge on any atom is 0.312 e. The first-order chi connectivity index (χ1) is 11.6. The number of carboxylic acids is 1. The number of rotatable bonds is 4. The van der Waals surface area contributed by atoms with Gasteiger partial charge in [-0.2, -0.15) is 0 Å². The molecule has 0 aliphatic heterocycles. The molecule has 124 valence electrons. The zero-order valence-corrected chi connectivity index (χ0v) is 14.1. The van der Waals surface area contributed by atoms with Crippen molar-refractivity contribution in [2.45, 2.75) is 18.8 Å². The molecule has 7 heteroatoms. The maximum absolute atomic E-state index is 11.5. The molecule has 1 aliphatic carbocycles. The number of hydrogen-bond acceptors (Lipinski definition) is 5. The maximum atomic E-state index is 11.5. The number of methoxy groups -OCH3 is 2. The number of hydrogen-bond donors (Lipinski definition) is 1. The van der Waals surface area contributed by atoms with Gasteiger partial charge >= 0.3 is 5.97 Å². The van der Waals surface area contributed by atoms with Crippen molar-refractivity contribution in [3.8, 4) is 22.8 Å². The van der Waals surface area contributed by atoms with E-state index in [0.29, 0.717) is 12.2 Å². The van der Waals surface area contributed by atoms with E-state index in [2.05, 4.69) is 4.98 Å². The van der Waals surface area contributed by atoms with Crippen LogP contribution in [0.3, 0.4) is 0 Å². The number of aliphatic carboxylic acids is 1. The lowest BCUT2D eigenvalue weighted by atomic mass is 10.1. The molecule has 0 amide bonds. The molecular weight excluding hydrogens is 328 g/mol. The van der Waals surface area contributed by atoms with Crippen LogP contribution in [0, 0.1) is 0 Å². The van der Waals surface area contributed by atoms with Gasteiger partial charge in [-0.3, -0.25) is 9.20 Å². The summed E-state index contributed by atoms with van der Waals surface area (Å²) in [7, 11) is 3.23. The van der Waals surface area contributed by atoms with Crippen LogP contribution in [0.5, 0.6) is 11.5 Å². The van der Waals surface area contributed by atoms with Crippen molar-refractivity contribution in [2.75, 3.05) is 14.2 Å². The van der Waals surface area contributed by atoms with Crippen molar-refractivity contribution in [1.29, 1.82) is 0 Å². The standard InChI is InChI=1S/C17H16N2O4S/c1-22-9-3-5-13(23-2)11(7-9)12-8-19-15-10(16(20)21)4-6-14(15)24-17(19)18-12/h3,5,7-8,10H,4,6H2,1-2H3,(H,20,21). The summed E-state index contributed by atoms with van der Waals surface area (Å²) in [6.07, 6.45) is 3.35. The lowest BCUT2D eigenvalue weighted by molar-refractivity contribution is -0.138. The van der Waals surface area contributed by atoms with E-state index in [-0.39, 0.29) is 0 Å². The summed E-state index contributed by atoms with van der Waals surface area (Å²) in [6.45, 7) is 0. The Labute approximate surface area is 142 Å². The highest BCUT2D eigenvalue weighted by atomic mass is 32.1. The summed E-state index contributed by atoms with van der Waals surface area (Å²) in [5, 5.41) is 9.45. The number of benzene rings is 1. The van der Waals surface area contributed by atoms with E-state index in [1.165, 1.54) is 0 Å². The Morgan fingerprint density at radius 1 is 1.38 bits per heavy atom. The molecule has 6 nitrogen and oxygen atoms in total. The van der Waals surface area contributed by atoms with Gasteiger partial charge < -0.3 is 14.6 Å². The minimum absolute atomic E-state index is 0.456. The number of ether oxygens (including phenoxy) is 2. The fourth-order valence-corrected chi connectivity index (χ4v) is 4.42. The van der Waals surface area contributed by atoms with E-state index in [4.69, 9.17) is 9.47 Å². The van der Waals surface area contributed by atoms with Crippen LogP contribution in [-0.4, -0.2) is 34.7 Å². The number of thiazole rings is 1. The van der Waals surface area contributed by atoms with E-state index >= 15 is 0 Å². The Balaban J connectivity index is 1.87. The number of nitrogens with zero attached hydrogens (tertiary/aromatic N) is 2. The van der Waals surface area contributed by atoms with Gasteiger partial charge in [0.25, 0.3) is 0 Å². The molecule has 0 fully saturated rings. The van der Waals surface area contributed by atoms with Crippen LogP contribution in [0.1, 0.15) is 22.9 Å². The van der Waals surface area contributed by atoms with E-state index in [1.54, 1.807) is 25.6 Å². The predicted octanol–water partition coefficient (Wildman–Crippen LogP) is 3.19. The normalized spacial score (nSPS) is 16.3. The zero-order chi connectivity index (χ0) is 16.8. The second-order valence-corrected chi connectivity index (χ2v) is 6.75. The minimum Gasteiger partial charge on any atom is -0.497 e. The highest BCUT2D eigenvalue weighted by Crippen LogP contribution is 2.41. The number of fused-ring (bicyclic) bond motifs is 3. The summed E-state index contributed by atoms with van der Waals surface area (Å²) in [4.78, 5) is 18.1. The van der Waals surface area contributed by atoms with Gasteiger partial charge in [0.2, 0.25) is 0 Å². The Morgan fingerprint density at radius 2 is 2.21 bits per heavy atom. The first kappa shape index (κ1) is 15.0. The van der Waals surface area contributed by atoms with Crippen molar-refractivity contribution in [1.82, 2.24) is 9.38 Å². The third-order valence-electron chi connectivity index (χ3n) is 4.40. The van der Waals surface area contributed by atoms with Gasteiger partial charge in [0.1, 0.15) is 11.5 Å². The predicted molar refractivity (Wildman–Crippen MR) is 90.3 cm³/mol. The molecule has 1 unspecified atom stereocenters. The highest BCUT2D eigenvalue weighted by Gasteiger charge is 2.33. The molecule has 1 aliphatic rings. The number of carbonyl (C=O) groups is 1. The van der Waals surface area contributed by atoms with Crippen LogP contribution >= 0.6 is 11.3 Å². The van der Waals surface area contributed by atoms with Crippen molar-refractivity contribution in [3.63, 3.8) is 0 Å². The molecule has 0 spiro atoms. The second-order valence-electron chi connectivity index (χ2n) is 5.68. The van der Waals surface area contributed by atoms with Gasteiger partial charge in [0, 0.05) is 16.6 Å². The smallest absolute Gasteiger partial charge is 0.312 e. The zero-order valence-electron chi connectivity index (χ0n) is 13.3. The molecule has 1 atom stereocenters. The summed E-state index contributed by atoms with van der Waals surface area (Å²) >= 11 is 1.56. The molecule has 0 radical (unpaired) electrons. The highest BCUT2D eigenvalue weighted by molar-refractivity contribution is 7.17. The van der Waals surface area contributed by atoms with Gasteiger partial charge in [0.05, 0.1) is 31.5 Å². The molecule has 0 bridgehead atoms. The molecule has 4 rings (SSSR count). The lowest BCUT2D eigenvalue weighted by Crippen LogP contribution is -2.09. The fourth-order valence-electron chi connectivity index (χ4n) is 3.24.